The Labute approximate surface area is 77.0 Å². The summed E-state index contributed by atoms with van der Waals surface area (Å²) < 4.78 is 48.7. The van der Waals surface area contributed by atoms with Gasteiger partial charge in [0.1, 0.15) is 17.6 Å². The number of halogens is 4. The van der Waals surface area contributed by atoms with Gasteiger partial charge in [-0.05, 0) is 6.07 Å². The van der Waals surface area contributed by atoms with Crippen LogP contribution in [-0.4, -0.2) is 11.3 Å². The van der Waals surface area contributed by atoms with E-state index < -0.39 is 29.3 Å². The SMILES string of the molecule is N[C@H](c1ccc(F)cc1O)C(F)(F)F. The molecule has 0 spiro atoms. The number of nitrogens with two attached hydrogens (primary N) is 1. The summed E-state index contributed by atoms with van der Waals surface area (Å²) in [5.41, 5.74) is 4.27. The summed E-state index contributed by atoms with van der Waals surface area (Å²) in [7, 11) is 0. The monoisotopic (exact) mass is 209 g/mol. The Balaban J connectivity index is 3.08. The number of phenolic OH excluding ortho intramolecular Hbond substituents is 1. The lowest BCUT2D eigenvalue weighted by Gasteiger charge is -2.16. The first kappa shape index (κ1) is 10.8. The molecule has 0 bridgehead atoms. The molecule has 3 N–H and O–H groups in total. The van der Waals surface area contributed by atoms with Gasteiger partial charge in [-0.25, -0.2) is 4.39 Å². The van der Waals surface area contributed by atoms with Crippen molar-refractivity contribution in [2.75, 3.05) is 0 Å². The predicted molar refractivity (Wildman–Crippen MR) is 41.0 cm³/mol. The third-order valence-corrected chi connectivity index (χ3v) is 1.68. The van der Waals surface area contributed by atoms with E-state index >= 15 is 0 Å². The maximum atomic E-state index is 12.4. The first-order valence-corrected chi connectivity index (χ1v) is 3.63. The van der Waals surface area contributed by atoms with Crippen LogP contribution in [0.5, 0.6) is 5.75 Å². The van der Waals surface area contributed by atoms with Crippen LogP contribution in [0.25, 0.3) is 0 Å². The van der Waals surface area contributed by atoms with Gasteiger partial charge in [-0.1, -0.05) is 6.07 Å². The largest absolute Gasteiger partial charge is 0.507 e. The Hall–Kier alpha value is -1.30. The lowest BCUT2D eigenvalue weighted by atomic mass is 10.1. The topological polar surface area (TPSA) is 46.2 Å². The molecule has 1 rings (SSSR count). The van der Waals surface area contributed by atoms with Crippen LogP contribution in [0.4, 0.5) is 17.6 Å². The second kappa shape index (κ2) is 3.45. The zero-order chi connectivity index (χ0) is 10.9. The summed E-state index contributed by atoms with van der Waals surface area (Å²) >= 11 is 0. The molecule has 1 aromatic carbocycles. The van der Waals surface area contributed by atoms with Gasteiger partial charge >= 0.3 is 6.18 Å². The molecule has 1 aromatic rings. The second-order valence-corrected chi connectivity index (χ2v) is 2.72. The molecule has 0 fully saturated rings. The average molecular weight is 209 g/mol. The van der Waals surface area contributed by atoms with Crippen LogP contribution < -0.4 is 5.73 Å². The van der Waals surface area contributed by atoms with Crippen molar-refractivity contribution in [2.24, 2.45) is 5.73 Å². The highest BCUT2D eigenvalue weighted by Crippen LogP contribution is 2.34. The number of hydrogen-bond donors (Lipinski definition) is 2. The molecule has 0 radical (unpaired) electrons. The van der Waals surface area contributed by atoms with Gasteiger partial charge in [-0.15, -0.1) is 0 Å². The molecule has 14 heavy (non-hydrogen) atoms. The highest BCUT2D eigenvalue weighted by atomic mass is 19.4. The maximum Gasteiger partial charge on any atom is 0.407 e. The maximum absolute atomic E-state index is 12.4. The van der Waals surface area contributed by atoms with Crippen molar-refractivity contribution in [3.63, 3.8) is 0 Å². The minimum absolute atomic E-state index is 0.543. The van der Waals surface area contributed by atoms with E-state index in [1.165, 1.54) is 0 Å². The van der Waals surface area contributed by atoms with Gasteiger partial charge in [0.15, 0.2) is 0 Å². The molecule has 0 aromatic heterocycles. The van der Waals surface area contributed by atoms with E-state index in [0.717, 1.165) is 12.1 Å². The van der Waals surface area contributed by atoms with Gasteiger partial charge in [0.05, 0.1) is 0 Å². The highest BCUT2D eigenvalue weighted by molar-refractivity contribution is 5.35. The van der Waals surface area contributed by atoms with Crippen molar-refractivity contribution in [2.45, 2.75) is 12.2 Å². The van der Waals surface area contributed by atoms with Crippen molar-refractivity contribution >= 4 is 0 Å². The lowest BCUT2D eigenvalue weighted by molar-refractivity contribution is -0.149. The number of benzene rings is 1. The first-order valence-electron chi connectivity index (χ1n) is 3.63. The smallest absolute Gasteiger partial charge is 0.407 e. The molecule has 0 aliphatic heterocycles. The molecule has 0 aliphatic rings. The quantitative estimate of drug-likeness (QED) is 0.695. The standard InChI is InChI=1S/C8H7F4NO/c9-4-1-2-5(6(14)3-4)7(13)8(10,11)12/h1-3,7,14H,13H2/t7-/m1/s1. The Kier molecular flexibility index (Phi) is 2.66. The summed E-state index contributed by atoms with van der Waals surface area (Å²) in [4.78, 5) is 0. The van der Waals surface area contributed by atoms with E-state index in [1.807, 2.05) is 0 Å². The predicted octanol–water partition coefficient (Wildman–Crippen LogP) is 2.09. The normalized spacial score (nSPS) is 14.1. The fourth-order valence-corrected chi connectivity index (χ4v) is 0.956. The molecule has 0 amide bonds. The molecule has 0 saturated carbocycles. The van der Waals surface area contributed by atoms with Crippen molar-refractivity contribution in [3.05, 3.63) is 29.6 Å². The van der Waals surface area contributed by atoms with Crippen molar-refractivity contribution in [1.82, 2.24) is 0 Å². The van der Waals surface area contributed by atoms with E-state index in [1.54, 1.807) is 0 Å². The van der Waals surface area contributed by atoms with Crippen molar-refractivity contribution < 1.29 is 22.7 Å². The Morgan fingerprint density at radius 1 is 1.29 bits per heavy atom. The third kappa shape index (κ3) is 2.14. The van der Waals surface area contributed by atoms with Crippen LogP contribution in [0.3, 0.4) is 0 Å². The van der Waals surface area contributed by atoms with Crippen LogP contribution in [0, 0.1) is 5.82 Å². The molecule has 0 heterocycles. The molecular weight excluding hydrogens is 202 g/mol. The summed E-state index contributed by atoms with van der Waals surface area (Å²) in [6.45, 7) is 0. The lowest BCUT2D eigenvalue weighted by Crippen LogP contribution is -2.28. The minimum atomic E-state index is -4.66. The van der Waals surface area contributed by atoms with E-state index in [4.69, 9.17) is 10.8 Å². The Morgan fingerprint density at radius 2 is 1.86 bits per heavy atom. The molecule has 1 atom stereocenters. The van der Waals surface area contributed by atoms with Gasteiger partial charge in [0.2, 0.25) is 0 Å². The van der Waals surface area contributed by atoms with Crippen LogP contribution in [0.2, 0.25) is 0 Å². The minimum Gasteiger partial charge on any atom is -0.507 e. The highest BCUT2D eigenvalue weighted by Gasteiger charge is 2.39. The van der Waals surface area contributed by atoms with Crippen LogP contribution in [0.15, 0.2) is 18.2 Å². The molecule has 0 saturated heterocycles. The van der Waals surface area contributed by atoms with Gasteiger partial charge in [-0.3, -0.25) is 0 Å². The molecule has 2 nitrogen and oxygen atoms in total. The van der Waals surface area contributed by atoms with Gasteiger partial charge in [0, 0.05) is 11.6 Å². The van der Waals surface area contributed by atoms with E-state index in [2.05, 4.69) is 0 Å². The van der Waals surface area contributed by atoms with Crippen molar-refractivity contribution in [1.29, 1.82) is 0 Å². The first-order chi connectivity index (χ1) is 6.32. The summed E-state index contributed by atoms with van der Waals surface area (Å²) in [6.07, 6.45) is -4.66. The van der Waals surface area contributed by atoms with Crippen LogP contribution in [-0.2, 0) is 0 Å². The number of phenols is 1. The fourth-order valence-electron chi connectivity index (χ4n) is 0.956. The summed E-state index contributed by atoms with van der Waals surface area (Å²) in [5.74, 6) is -1.62. The molecule has 0 unspecified atom stereocenters. The Morgan fingerprint density at radius 3 is 2.29 bits per heavy atom. The second-order valence-electron chi connectivity index (χ2n) is 2.72. The molecule has 6 heteroatoms. The molecular formula is C8H7F4NO. The Bertz CT molecular complexity index is 337. The third-order valence-electron chi connectivity index (χ3n) is 1.68. The van der Waals surface area contributed by atoms with E-state index in [0.29, 0.717) is 6.07 Å². The number of alkyl halides is 3. The molecule has 78 valence electrons. The zero-order valence-electron chi connectivity index (χ0n) is 6.85. The van der Waals surface area contributed by atoms with E-state index in [-0.39, 0.29) is 0 Å². The van der Waals surface area contributed by atoms with Gasteiger partial charge in [-0.2, -0.15) is 13.2 Å². The zero-order valence-corrected chi connectivity index (χ0v) is 6.85. The summed E-state index contributed by atoms with van der Waals surface area (Å²) in [6, 6.07) is -0.104. The van der Waals surface area contributed by atoms with Crippen LogP contribution >= 0.6 is 0 Å². The van der Waals surface area contributed by atoms with Crippen LogP contribution in [0.1, 0.15) is 11.6 Å². The van der Waals surface area contributed by atoms with E-state index in [9.17, 15) is 17.6 Å². The molecule has 0 aliphatic carbocycles. The number of rotatable bonds is 1. The van der Waals surface area contributed by atoms with Crippen molar-refractivity contribution in [3.8, 4) is 5.75 Å². The number of hydrogen-bond acceptors (Lipinski definition) is 2. The summed E-state index contributed by atoms with van der Waals surface area (Å²) in [5, 5.41) is 9.01. The van der Waals surface area contributed by atoms with Gasteiger partial charge < -0.3 is 10.8 Å². The van der Waals surface area contributed by atoms with Gasteiger partial charge in [0.25, 0.3) is 0 Å². The fraction of sp³-hybridized carbons (Fsp3) is 0.250. The average Bonchev–Trinajstić information content (AvgIpc) is 2.01. The number of aromatic hydroxyl groups is 1.